The second kappa shape index (κ2) is 7.47. The molecular formula is C21H14O5S. The predicted molar refractivity (Wildman–Crippen MR) is 103 cm³/mol. The molecule has 0 aliphatic rings. The second-order valence-corrected chi connectivity index (χ2v) is 6.64. The van der Waals surface area contributed by atoms with Crippen molar-refractivity contribution in [3.63, 3.8) is 0 Å². The van der Waals surface area contributed by atoms with Gasteiger partial charge in [0, 0.05) is 0 Å². The molecule has 0 aliphatic heterocycles. The van der Waals surface area contributed by atoms with Crippen molar-refractivity contribution in [1.29, 1.82) is 0 Å². The fourth-order valence-corrected chi connectivity index (χ4v) is 3.32. The molecule has 0 saturated heterocycles. The van der Waals surface area contributed by atoms with Crippen LogP contribution in [0.15, 0.2) is 81.3 Å². The van der Waals surface area contributed by atoms with Crippen LogP contribution >= 0.6 is 11.3 Å². The van der Waals surface area contributed by atoms with Gasteiger partial charge in [-0.2, -0.15) is 0 Å². The van der Waals surface area contributed by atoms with Gasteiger partial charge in [-0.15, -0.1) is 11.3 Å². The van der Waals surface area contributed by atoms with Crippen LogP contribution in [0.25, 0.3) is 21.6 Å². The lowest BCUT2D eigenvalue weighted by Crippen LogP contribution is -2.17. The fourth-order valence-electron chi connectivity index (χ4n) is 2.62. The van der Waals surface area contributed by atoms with Crippen molar-refractivity contribution in [2.75, 3.05) is 0 Å². The molecule has 0 bridgehead atoms. The smallest absolute Gasteiger partial charge is 0.451 e. The largest absolute Gasteiger partial charge is 0.514 e. The molecule has 0 atom stereocenters. The number of benzene rings is 2. The van der Waals surface area contributed by atoms with Gasteiger partial charge in [-0.3, -0.25) is 4.79 Å². The molecule has 2 aromatic carbocycles. The lowest BCUT2D eigenvalue weighted by atomic mass is 10.2. The minimum Gasteiger partial charge on any atom is -0.451 e. The third-order valence-electron chi connectivity index (χ3n) is 3.89. The molecule has 6 heteroatoms. The first-order valence-corrected chi connectivity index (χ1v) is 9.08. The Morgan fingerprint density at radius 2 is 1.74 bits per heavy atom. The molecule has 2 heterocycles. The molecule has 2 aromatic heterocycles. The summed E-state index contributed by atoms with van der Waals surface area (Å²) >= 11 is 1.38. The zero-order valence-electron chi connectivity index (χ0n) is 14.1. The van der Waals surface area contributed by atoms with Crippen LogP contribution in [0.5, 0.6) is 5.75 Å². The van der Waals surface area contributed by atoms with E-state index in [-0.39, 0.29) is 18.1 Å². The number of hydrogen-bond acceptors (Lipinski definition) is 6. The first-order valence-electron chi connectivity index (χ1n) is 8.20. The number of fused-ring (bicyclic) bond motifs is 1. The summed E-state index contributed by atoms with van der Waals surface area (Å²) in [7, 11) is 0. The third kappa shape index (κ3) is 3.61. The summed E-state index contributed by atoms with van der Waals surface area (Å²) < 4.78 is 16.3. The molecule has 134 valence electrons. The molecule has 5 nitrogen and oxygen atoms in total. The molecule has 0 saturated carbocycles. The van der Waals surface area contributed by atoms with Crippen LogP contribution in [0, 0.1) is 0 Å². The Labute approximate surface area is 158 Å². The molecule has 4 aromatic rings. The van der Waals surface area contributed by atoms with Gasteiger partial charge in [0.15, 0.2) is 5.76 Å². The number of carbonyl (C=O) groups excluding carboxylic acids is 1. The minimum absolute atomic E-state index is 0.0485. The number of para-hydroxylation sites is 1. The number of hydrogen-bond donors (Lipinski definition) is 0. The van der Waals surface area contributed by atoms with E-state index >= 15 is 0 Å². The van der Waals surface area contributed by atoms with E-state index in [1.807, 2.05) is 41.8 Å². The van der Waals surface area contributed by atoms with Crippen molar-refractivity contribution in [2.45, 2.75) is 6.61 Å². The van der Waals surface area contributed by atoms with E-state index in [4.69, 9.17) is 13.9 Å². The Morgan fingerprint density at radius 1 is 0.963 bits per heavy atom. The molecule has 0 spiro atoms. The van der Waals surface area contributed by atoms with E-state index in [0.29, 0.717) is 15.8 Å². The lowest BCUT2D eigenvalue weighted by Gasteiger charge is -2.09. The molecule has 0 aliphatic carbocycles. The van der Waals surface area contributed by atoms with Gasteiger partial charge in [-0.25, -0.2) is 4.79 Å². The summed E-state index contributed by atoms with van der Waals surface area (Å²) in [6, 6.07) is 19.7. The molecule has 27 heavy (non-hydrogen) atoms. The summed E-state index contributed by atoms with van der Waals surface area (Å²) in [6.07, 6.45) is -0.959. The van der Waals surface area contributed by atoms with Gasteiger partial charge in [0.2, 0.25) is 11.2 Å². The SMILES string of the molecule is O=C(OCc1ccccc1)Oc1c(-c2cccs2)oc2ccccc2c1=O. The van der Waals surface area contributed by atoms with Crippen LogP contribution in [0.1, 0.15) is 5.56 Å². The maximum absolute atomic E-state index is 12.9. The van der Waals surface area contributed by atoms with Crippen LogP contribution in [-0.4, -0.2) is 6.16 Å². The first kappa shape index (κ1) is 17.1. The number of carbonyl (C=O) groups is 1. The van der Waals surface area contributed by atoms with Gasteiger partial charge in [-0.1, -0.05) is 48.5 Å². The first-order chi connectivity index (χ1) is 13.2. The van der Waals surface area contributed by atoms with Crippen molar-refractivity contribution in [3.8, 4) is 16.4 Å². The number of thiophene rings is 1. The molecular weight excluding hydrogens is 364 g/mol. The molecule has 4 rings (SSSR count). The Morgan fingerprint density at radius 3 is 2.52 bits per heavy atom. The highest BCUT2D eigenvalue weighted by Gasteiger charge is 2.21. The van der Waals surface area contributed by atoms with Crippen molar-refractivity contribution >= 4 is 28.5 Å². The molecule has 0 fully saturated rings. The Bertz CT molecular complexity index is 1130. The Hall–Kier alpha value is -3.38. The van der Waals surface area contributed by atoms with Crippen LogP contribution in [0.3, 0.4) is 0 Å². The van der Waals surface area contributed by atoms with E-state index in [0.717, 1.165) is 5.56 Å². The normalized spacial score (nSPS) is 10.7. The molecule has 0 N–H and O–H groups in total. The highest BCUT2D eigenvalue weighted by atomic mass is 32.1. The summed E-state index contributed by atoms with van der Waals surface area (Å²) in [5, 5.41) is 2.19. The highest BCUT2D eigenvalue weighted by molar-refractivity contribution is 7.13. The maximum Gasteiger partial charge on any atom is 0.514 e. The maximum atomic E-state index is 12.9. The standard InChI is InChI=1S/C21H14O5S/c22-18-15-9-4-5-10-16(15)25-19(17-11-6-12-27-17)20(18)26-21(23)24-13-14-7-2-1-3-8-14/h1-12H,13H2. The van der Waals surface area contributed by atoms with Crippen molar-refractivity contribution in [2.24, 2.45) is 0 Å². The summed E-state index contributed by atoms with van der Waals surface area (Å²) in [6.45, 7) is 0.0485. The minimum atomic E-state index is -0.959. The summed E-state index contributed by atoms with van der Waals surface area (Å²) in [4.78, 5) is 25.7. The van der Waals surface area contributed by atoms with E-state index < -0.39 is 11.6 Å². The van der Waals surface area contributed by atoms with Gasteiger partial charge in [0.1, 0.15) is 12.2 Å². The highest BCUT2D eigenvalue weighted by Crippen LogP contribution is 2.33. The van der Waals surface area contributed by atoms with Crippen molar-refractivity contribution < 1.29 is 18.7 Å². The van der Waals surface area contributed by atoms with E-state index in [1.54, 1.807) is 30.3 Å². The van der Waals surface area contributed by atoms with Gasteiger partial charge < -0.3 is 13.9 Å². The number of rotatable bonds is 4. The van der Waals surface area contributed by atoms with Gasteiger partial charge >= 0.3 is 6.16 Å². The van der Waals surface area contributed by atoms with Gasteiger partial charge in [0.05, 0.1) is 10.3 Å². The fraction of sp³-hybridized carbons (Fsp3) is 0.0476. The van der Waals surface area contributed by atoms with Crippen LogP contribution < -0.4 is 10.2 Å². The van der Waals surface area contributed by atoms with Gasteiger partial charge in [0.25, 0.3) is 0 Å². The summed E-state index contributed by atoms with van der Waals surface area (Å²) in [5.41, 5.74) is 0.825. The summed E-state index contributed by atoms with van der Waals surface area (Å²) in [5.74, 6) is 0.0413. The Balaban J connectivity index is 1.67. The topological polar surface area (TPSA) is 65.7 Å². The molecule has 0 unspecified atom stereocenters. The monoisotopic (exact) mass is 378 g/mol. The van der Waals surface area contributed by atoms with Crippen LogP contribution in [0.4, 0.5) is 4.79 Å². The predicted octanol–water partition coefficient (Wildman–Crippen LogP) is 5.24. The zero-order valence-corrected chi connectivity index (χ0v) is 14.9. The van der Waals surface area contributed by atoms with E-state index in [2.05, 4.69) is 0 Å². The van der Waals surface area contributed by atoms with Crippen molar-refractivity contribution in [1.82, 2.24) is 0 Å². The van der Waals surface area contributed by atoms with Crippen LogP contribution in [-0.2, 0) is 11.3 Å². The van der Waals surface area contributed by atoms with Crippen molar-refractivity contribution in [3.05, 3.63) is 87.9 Å². The molecule has 0 amide bonds. The van der Waals surface area contributed by atoms with Gasteiger partial charge in [-0.05, 0) is 29.1 Å². The average molecular weight is 378 g/mol. The van der Waals surface area contributed by atoms with Crippen LogP contribution in [0.2, 0.25) is 0 Å². The molecule has 0 radical (unpaired) electrons. The Kier molecular flexibility index (Phi) is 4.72. The second-order valence-electron chi connectivity index (χ2n) is 5.69. The lowest BCUT2D eigenvalue weighted by molar-refractivity contribution is 0.0921. The zero-order chi connectivity index (χ0) is 18.6. The van der Waals surface area contributed by atoms with E-state index in [1.165, 1.54) is 11.3 Å². The van der Waals surface area contributed by atoms with E-state index in [9.17, 15) is 9.59 Å². The quantitative estimate of drug-likeness (QED) is 0.455. The number of ether oxygens (including phenoxy) is 2. The average Bonchev–Trinajstić information content (AvgIpc) is 3.24. The third-order valence-corrected chi connectivity index (χ3v) is 4.75.